The van der Waals surface area contributed by atoms with Crippen LogP contribution in [-0.4, -0.2) is 35.5 Å². The Labute approximate surface area is 188 Å². The van der Waals surface area contributed by atoms with Gasteiger partial charge in [-0.05, 0) is 110 Å². The topological polar surface area (TPSA) is 66.8 Å². The van der Waals surface area contributed by atoms with Crippen LogP contribution in [0.3, 0.4) is 0 Å². The number of fused-ring (bicyclic) bond motifs is 5. The molecule has 4 rings (SSSR count). The molecule has 0 amide bonds. The van der Waals surface area contributed by atoms with E-state index in [1.807, 2.05) is 0 Å². The molecular weight excluding hydrogens is 388 g/mol. The van der Waals surface area contributed by atoms with E-state index in [-0.39, 0.29) is 29.0 Å². The predicted molar refractivity (Wildman–Crippen MR) is 122 cm³/mol. The number of carbonyl (C=O) groups excluding carboxylic acids is 1. The van der Waals surface area contributed by atoms with Gasteiger partial charge in [0.25, 0.3) is 0 Å². The van der Waals surface area contributed by atoms with Crippen molar-refractivity contribution in [3.05, 3.63) is 11.6 Å². The summed E-state index contributed by atoms with van der Waals surface area (Å²) in [6, 6.07) is 0. The summed E-state index contributed by atoms with van der Waals surface area (Å²) < 4.78 is 4.88. The van der Waals surface area contributed by atoms with E-state index in [0.717, 1.165) is 25.7 Å². The number of rotatable bonds is 4. The third-order valence-corrected chi connectivity index (χ3v) is 10.7. The average Bonchev–Trinajstić information content (AvgIpc) is 3.10. The van der Waals surface area contributed by atoms with Gasteiger partial charge < -0.3 is 14.9 Å². The number of allylic oxidation sites excluding steroid dienone is 1. The van der Waals surface area contributed by atoms with Crippen LogP contribution in [-0.2, 0) is 9.53 Å². The number of aliphatic hydroxyl groups is 2. The van der Waals surface area contributed by atoms with Gasteiger partial charge >= 0.3 is 5.97 Å². The maximum Gasteiger partial charge on any atom is 0.305 e. The van der Waals surface area contributed by atoms with Gasteiger partial charge in [-0.2, -0.15) is 0 Å². The van der Waals surface area contributed by atoms with E-state index < -0.39 is 0 Å². The second kappa shape index (κ2) is 8.48. The lowest BCUT2D eigenvalue weighted by Crippen LogP contribution is -2.59. The fraction of sp³-hybridized carbons (Fsp3) is 0.889. The molecule has 4 aliphatic rings. The van der Waals surface area contributed by atoms with E-state index in [0.29, 0.717) is 41.9 Å². The molecule has 4 saturated carbocycles. The monoisotopic (exact) mass is 432 g/mol. The molecule has 4 aliphatic carbocycles. The van der Waals surface area contributed by atoms with Crippen molar-refractivity contribution in [1.29, 1.82) is 0 Å². The molecule has 0 aromatic heterocycles. The molecule has 0 spiro atoms. The third kappa shape index (κ3) is 3.60. The highest BCUT2D eigenvalue weighted by Crippen LogP contribution is 2.69. The number of carbonyl (C=O) groups is 1. The summed E-state index contributed by atoms with van der Waals surface area (Å²) in [4.78, 5) is 11.7. The van der Waals surface area contributed by atoms with Crippen molar-refractivity contribution in [1.82, 2.24) is 0 Å². The van der Waals surface area contributed by atoms with Crippen molar-refractivity contribution in [2.75, 3.05) is 7.11 Å². The SMILES string of the molecule is C/C=C1/[C@@H](O)C2C3CC[C@H]([C@H](C)CCC(=O)OC)[C@@]3(C)CCC2[C@@]2(C)CC[C@@H](O)C[C@@H]12. The summed E-state index contributed by atoms with van der Waals surface area (Å²) in [7, 11) is 1.47. The van der Waals surface area contributed by atoms with Crippen LogP contribution in [0.5, 0.6) is 0 Å². The Hall–Kier alpha value is -0.870. The van der Waals surface area contributed by atoms with Gasteiger partial charge in [-0.25, -0.2) is 0 Å². The van der Waals surface area contributed by atoms with E-state index in [9.17, 15) is 15.0 Å². The highest BCUT2D eigenvalue weighted by molar-refractivity contribution is 5.69. The van der Waals surface area contributed by atoms with Crippen LogP contribution in [0.4, 0.5) is 0 Å². The van der Waals surface area contributed by atoms with Crippen LogP contribution in [0.2, 0.25) is 0 Å². The minimum absolute atomic E-state index is 0.103. The molecule has 0 heterocycles. The van der Waals surface area contributed by atoms with Crippen molar-refractivity contribution in [2.45, 2.75) is 97.7 Å². The second-order valence-electron chi connectivity index (χ2n) is 11.8. The normalized spacial score (nSPS) is 49.1. The molecule has 4 fully saturated rings. The zero-order valence-electron chi connectivity index (χ0n) is 20.3. The highest BCUT2D eigenvalue weighted by atomic mass is 16.5. The van der Waals surface area contributed by atoms with Gasteiger partial charge in [0, 0.05) is 6.42 Å². The molecule has 4 heteroatoms. The smallest absolute Gasteiger partial charge is 0.305 e. The molecule has 4 nitrogen and oxygen atoms in total. The van der Waals surface area contributed by atoms with Gasteiger partial charge in [-0.3, -0.25) is 4.79 Å². The number of ether oxygens (including phenoxy) is 1. The van der Waals surface area contributed by atoms with Gasteiger partial charge in [0.05, 0.1) is 19.3 Å². The predicted octanol–water partition coefficient (Wildman–Crippen LogP) is 5.12. The quantitative estimate of drug-likeness (QED) is 0.478. The molecule has 0 aromatic carbocycles. The molecule has 0 aliphatic heterocycles. The zero-order chi connectivity index (χ0) is 22.6. The van der Waals surface area contributed by atoms with Gasteiger partial charge in [-0.15, -0.1) is 0 Å². The zero-order valence-corrected chi connectivity index (χ0v) is 20.3. The van der Waals surface area contributed by atoms with Crippen molar-refractivity contribution in [3.8, 4) is 0 Å². The Morgan fingerprint density at radius 1 is 1.13 bits per heavy atom. The van der Waals surface area contributed by atoms with Crippen LogP contribution < -0.4 is 0 Å². The first-order chi connectivity index (χ1) is 14.7. The number of aliphatic hydroxyl groups excluding tert-OH is 2. The Balaban J connectivity index is 1.60. The molecule has 31 heavy (non-hydrogen) atoms. The molecular formula is C27H44O4. The van der Waals surface area contributed by atoms with Crippen LogP contribution in [0.25, 0.3) is 0 Å². The van der Waals surface area contributed by atoms with E-state index in [4.69, 9.17) is 4.74 Å². The number of hydrogen-bond donors (Lipinski definition) is 2. The van der Waals surface area contributed by atoms with E-state index in [1.165, 1.54) is 38.4 Å². The summed E-state index contributed by atoms with van der Waals surface area (Å²) in [6.45, 7) is 9.35. The fourth-order valence-corrected chi connectivity index (χ4v) is 9.10. The van der Waals surface area contributed by atoms with Gasteiger partial charge in [-0.1, -0.05) is 26.8 Å². The van der Waals surface area contributed by atoms with Crippen molar-refractivity contribution >= 4 is 5.97 Å². The number of esters is 1. The van der Waals surface area contributed by atoms with Crippen LogP contribution in [0.15, 0.2) is 11.6 Å². The molecule has 0 aromatic rings. The molecule has 3 unspecified atom stereocenters. The lowest BCUT2D eigenvalue weighted by atomic mass is 9.42. The van der Waals surface area contributed by atoms with E-state index in [2.05, 4.69) is 33.8 Å². The molecule has 0 bridgehead atoms. The van der Waals surface area contributed by atoms with Gasteiger partial charge in [0.15, 0.2) is 0 Å². The van der Waals surface area contributed by atoms with Gasteiger partial charge in [0.2, 0.25) is 0 Å². The van der Waals surface area contributed by atoms with Gasteiger partial charge in [0.1, 0.15) is 0 Å². The molecule has 10 atom stereocenters. The minimum atomic E-state index is -0.368. The van der Waals surface area contributed by atoms with Crippen LogP contribution in [0.1, 0.15) is 85.5 Å². The molecule has 0 saturated heterocycles. The molecule has 2 N–H and O–H groups in total. The van der Waals surface area contributed by atoms with E-state index in [1.54, 1.807) is 0 Å². The van der Waals surface area contributed by atoms with Crippen LogP contribution >= 0.6 is 0 Å². The third-order valence-electron chi connectivity index (χ3n) is 10.7. The average molecular weight is 433 g/mol. The lowest BCUT2D eigenvalue weighted by Gasteiger charge is -2.63. The summed E-state index contributed by atoms with van der Waals surface area (Å²) in [6.07, 6.45) is 10.6. The Bertz CT molecular complexity index is 716. The number of methoxy groups -OCH3 is 1. The van der Waals surface area contributed by atoms with E-state index >= 15 is 0 Å². The van der Waals surface area contributed by atoms with Crippen LogP contribution in [0, 0.1) is 46.3 Å². The maximum atomic E-state index is 11.7. The first-order valence-electron chi connectivity index (χ1n) is 12.8. The lowest BCUT2D eigenvalue weighted by molar-refractivity contribution is -0.148. The highest BCUT2D eigenvalue weighted by Gasteiger charge is 2.63. The second-order valence-corrected chi connectivity index (χ2v) is 11.8. The Morgan fingerprint density at radius 3 is 2.48 bits per heavy atom. The van der Waals surface area contributed by atoms with Crippen molar-refractivity contribution in [3.63, 3.8) is 0 Å². The fourth-order valence-electron chi connectivity index (χ4n) is 9.10. The maximum absolute atomic E-state index is 11.7. The summed E-state index contributed by atoms with van der Waals surface area (Å²) >= 11 is 0. The summed E-state index contributed by atoms with van der Waals surface area (Å²) in [5, 5.41) is 22.1. The minimum Gasteiger partial charge on any atom is -0.469 e. The standard InChI is InChI=1S/C27H44O4/c1-6-18-22-15-17(28)11-13-27(22,4)21-12-14-26(3)19(16(2)7-10-23(29)31-5)8-9-20(26)24(21)25(18)30/h6,16-17,19-22,24-25,28,30H,7-15H2,1-5H3/b18-6+/t16-,17-,19-,20?,21?,22+,24?,25-,26-,27-/m1/s1. The first kappa shape index (κ1) is 23.3. The summed E-state index contributed by atoms with van der Waals surface area (Å²) in [5.74, 6) is 2.76. The largest absolute Gasteiger partial charge is 0.469 e. The first-order valence-corrected chi connectivity index (χ1v) is 12.8. The summed E-state index contributed by atoms with van der Waals surface area (Å²) in [5.41, 5.74) is 1.64. The van der Waals surface area contributed by atoms with Crippen molar-refractivity contribution < 1.29 is 19.7 Å². The Kier molecular flexibility index (Phi) is 6.37. The molecule has 176 valence electrons. The van der Waals surface area contributed by atoms with Crippen molar-refractivity contribution in [2.24, 2.45) is 46.3 Å². The Morgan fingerprint density at radius 2 is 1.81 bits per heavy atom. The molecule has 0 radical (unpaired) electrons. The number of hydrogen-bond acceptors (Lipinski definition) is 4.